The van der Waals surface area contributed by atoms with Crippen molar-refractivity contribution >= 4 is 5.69 Å². The molecule has 2 atom stereocenters. The summed E-state index contributed by atoms with van der Waals surface area (Å²) < 4.78 is 0. The first kappa shape index (κ1) is 10.6. The van der Waals surface area contributed by atoms with Gasteiger partial charge in [-0.2, -0.15) is 5.26 Å². The molecule has 0 aliphatic heterocycles. The molecule has 2 nitrogen and oxygen atoms in total. The number of para-hydroxylation sites is 1. The highest BCUT2D eigenvalue weighted by Crippen LogP contribution is 2.13. The van der Waals surface area contributed by atoms with Crippen LogP contribution >= 0.6 is 0 Å². The van der Waals surface area contributed by atoms with E-state index >= 15 is 0 Å². The van der Waals surface area contributed by atoms with Crippen LogP contribution in [0.25, 0.3) is 0 Å². The predicted octanol–water partition coefficient (Wildman–Crippen LogP) is 3.04. The molecule has 0 fully saturated rings. The van der Waals surface area contributed by atoms with Crippen LogP contribution in [-0.2, 0) is 0 Å². The molecule has 1 aromatic carbocycles. The molecule has 0 radical (unpaired) electrons. The molecule has 74 valence electrons. The quantitative estimate of drug-likeness (QED) is 0.788. The van der Waals surface area contributed by atoms with Gasteiger partial charge < -0.3 is 5.32 Å². The standard InChI is InChI=1S/C12H16N2/c1-3-10(2)12(9-13)14-11-7-5-4-6-8-11/h4-8,10,12,14H,3H2,1-2H3. The van der Waals surface area contributed by atoms with Gasteiger partial charge in [-0.05, 0) is 18.1 Å². The Morgan fingerprint density at radius 2 is 2.00 bits per heavy atom. The molecule has 0 aromatic heterocycles. The van der Waals surface area contributed by atoms with Gasteiger partial charge in [-0.15, -0.1) is 0 Å². The van der Waals surface area contributed by atoms with E-state index in [1.165, 1.54) is 0 Å². The highest BCUT2D eigenvalue weighted by Gasteiger charge is 2.13. The number of benzene rings is 1. The van der Waals surface area contributed by atoms with Crippen molar-refractivity contribution in [2.45, 2.75) is 26.3 Å². The Bertz CT molecular complexity index is 300. The minimum Gasteiger partial charge on any atom is -0.370 e. The number of hydrogen-bond acceptors (Lipinski definition) is 2. The first-order valence-electron chi connectivity index (χ1n) is 4.99. The Morgan fingerprint density at radius 3 is 2.50 bits per heavy atom. The van der Waals surface area contributed by atoms with Crippen LogP contribution in [-0.4, -0.2) is 6.04 Å². The Kier molecular flexibility index (Phi) is 4.00. The van der Waals surface area contributed by atoms with Crippen molar-refractivity contribution in [3.63, 3.8) is 0 Å². The third-order valence-electron chi connectivity index (χ3n) is 2.45. The second kappa shape index (κ2) is 5.29. The van der Waals surface area contributed by atoms with Gasteiger partial charge in [0.2, 0.25) is 0 Å². The number of nitrogens with one attached hydrogen (secondary N) is 1. The van der Waals surface area contributed by atoms with Crippen LogP contribution in [0.5, 0.6) is 0 Å². The Balaban J connectivity index is 2.63. The first-order chi connectivity index (χ1) is 6.77. The summed E-state index contributed by atoms with van der Waals surface area (Å²) in [6, 6.07) is 12.1. The molecule has 1 rings (SSSR count). The van der Waals surface area contributed by atoms with E-state index in [2.05, 4.69) is 25.2 Å². The highest BCUT2D eigenvalue weighted by atomic mass is 14.9. The number of nitrogens with zero attached hydrogens (tertiary/aromatic N) is 1. The fourth-order valence-corrected chi connectivity index (χ4v) is 1.25. The zero-order valence-electron chi connectivity index (χ0n) is 8.70. The van der Waals surface area contributed by atoms with E-state index in [0.717, 1.165) is 12.1 Å². The summed E-state index contributed by atoms with van der Waals surface area (Å²) in [6.07, 6.45) is 1.01. The summed E-state index contributed by atoms with van der Waals surface area (Å²) in [5.41, 5.74) is 1.01. The van der Waals surface area contributed by atoms with Gasteiger partial charge in [0, 0.05) is 5.69 Å². The molecule has 0 heterocycles. The fourth-order valence-electron chi connectivity index (χ4n) is 1.25. The van der Waals surface area contributed by atoms with Crippen molar-refractivity contribution in [1.82, 2.24) is 0 Å². The molecule has 2 unspecified atom stereocenters. The number of anilines is 1. The van der Waals surface area contributed by atoms with Gasteiger partial charge in [-0.3, -0.25) is 0 Å². The summed E-state index contributed by atoms with van der Waals surface area (Å²) in [7, 11) is 0. The highest BCUT2D eigenvalue weighted by molar-refractivity contribution is 5.44. The van der Waals surface area contributed by atoms with Crippen molar-refractivity contribution in [2.75, 3.05) is 5.32 Å². The lowest BCUT2D eigenvalue weighted by atomic mass is 10.0. The molecule has 14 heavy (non-hydrogen) atoms. The summed E-state index contributed by atoms with van der Waals surface area (Å²) in [5, 5.41) is 12.2. The maximum atomic E-state index is 8.98. The number of nitriles is 1. The van der Waals surface area contributed by atoms with E-state index in [9.17, 15) is 0 Å². The van der Waals surface area contributed by atoms with Gasteiger partial charge in [-0.25, -0.2) is 0 Å². The number of rotatable bonds is 4. The largest absolute Gasteiger partial charge is 0.370 e. The second-order valence-corrected chi connectivity index (χ2v) is 3.50. The fraction of sp³-hybridized carbons (Fsp3) is 0.417. The maximum Gasteiger partial charge on any atom is 0.117 e. The van der Waals surface area contributed by atoms with Gasteiger partial charge in [0.25, 0.3) is 0 Å². The molecular formula is C12H16N2. The molecule has 0 saturated carbocycles. The van der Waals surface area contributed by atoms with Crippen LogP contribution in [0.15, 0.2) is 30.3 Å². The third-order valence-corrected chi connectivity index (χ3v) is 2.45. The predicted molar refractivity (Wildman–Crippen MR) is 58.9 cm³/mol. The lowest BCUT2D eigenvalue weighted by molar-refractivity contribution is 0.533. The van der Waals surface area contributed by atoms with Gasteiger partial charge in [0.1, 0.15) is 6.04 Å². The molecule has 0 aliphatic rings. The van der Waals surface area contributed by atoms with E-state index in [1.54, 1.807) is 0 Å². The van der Waals surface area contributed by atoms with Gasteiger partial charge in [0.15, 0.2) is 0 Å². The van der Waals surface area contributed by atoms with E-state index < -0.39 is 0 Å². The van der Waals surface area contributed by atoms with Crippen LogP contribution in [0.1, 0.15) is 20.3 Å². The average Bonchev–Trinajstić information content (AvgIpc) is 2.26. The second-order valence-electron chi connectivity index (χ2n) is 3.50. The van der Waals surface area contributed by atoms with E-state index in [-0.39, 0.29) is 6.04 Å². The normalized spacial score (nSPS) is 14.1. The monoisotopic (exact) mass is 188 g/mol. The molecule has 0 aliphatic carbocycles. The zero-order valence-corrected chi connectivity index (χ0v) is 8.70. The summed E-state index contributed by atoms with van der Waals surface area (Å²) in [6.45, 7) is 4.19. The summed E-state index contributed by atoms with van der Waals surface area (Å²) in [4.78, 5) is 0. The SMILES string of the molecule is CCC(C)C(C#N)Nc1ccccc1. The summed E-state index contributed by atoms with van der Waals surface area (Å²) >= 11 is 0. The number of hydrogen-bond donors (Lipinski definition) is 1. The molecule has 0 amide bonds. The molecular weight excluding hydrogens is 172 g/mol. The molecule has 0 saturated heterocycles. The minimum atomic E-state index is -0.0950. The smallest absolute Gasteiger partial charge is 0.117 e. The van der Waals surface area contributed by atoms with Crippen LogP contribution in [0.3, 0.4) is 0 Å². The lowest BCUT2D eigenvalue weighted by Gasteiger charge is -2.18. The van der Waals surface area contributed by atoms with E-state index in [1.807, 2.05) is 30.3 Å². The molecule has 1 aromatic rings. The zero-order chi connectivity index (χ0) is 10.4. The van der Waals surface area contributed by atoms with E-state index in [0.29, 0.717) is 5.92 Å². The third kappa shape index (κ3) is 2.77. The van der Waals surface area contributed by atoms with Crippen molar-refractivity contribution in [2.24, 2.45) is 5.92 Å². The van der Waals surface area contributed by atoms with Crippen molar-refractivity contribution in [3.05, 3.63) is 30.3 Å². The Morgan fingerprint density at radius 1 is 1.36 bits per heavy atom. The topological polar surface area (TPSA) is 35.8 Å². The first-order valence-corrected chi connectivity index (χ1v) is 4.99. The van der Waals surface area contributed by atoms with Gasteiger partial charge in [-0.1, -0.05) is 38.5 Å². The lowest BCUT2D eigenvalue weighted by Crippen LogP contribution is -2.24. The Labute approximate surface area is 85.6 Å². The van der Waals surface area contributed by atoms with Crippen molar-refractivity contribution in [1.29, 1.82) is 5.26 Å². The summed E-state index contributed by atoms with van der Waals surface area (Å²) in [5.74, 6) is 0.375. The average molecular weight is 188 g/mol. The minimum absolute atomic E-state index is 0.0950. The van der Waals surface area contributed by atoms with Crippen LogP contribution in [0.2, 0.25) is 0 Å². The van der Waals surface area contributed by atoms with E-state index in [4.69, 9.17) is 5.26 Å². The van der Waals surface area contributed by atoms with Crippen molar-refractivity contribution < 1.29 is 0 Å². The molecule has 2 heteroatoms. The molecule has 0 spiro atoms. The molecule has 1 N–H and O–H groups in total. The van der Waals surface area contributed by atoms with Crippen molar-refractivity contribution in [3.8, 4) is 6.07 Å². The Hall–Kier alpha value is -1.49. The molecule has 0 bridgehead atoms. The van der Waals surface area contributed by atoms with Gasteiger partial charge in [0.05, 0.1) is 6.07 Å². The van der Waals surface area contributed by atoms with Crippen LogP contribution in [0, 0.1) is 17.2 Å². The van der Waals surface area contributed by atoms with Gasteiger partial charge >= 0.3 is 0 Å². The van der Waals surface area contributed by atoms with Crippen LogP contribution in [0.4, 0.5) is 5.69 Å². The maximum absolute atomic E-state index is 8.98. The van der Waals surface area contributed by atoms with Crippen LogP contribution < -0.4 is 5.32 Å².